The number of aliphatic hydroxyl groups is 1. The van der Waals surface area contributed by atoms with E-state index in [1.165, 1.54) is 0 Å². The first-order valence-corrected chi connectivity index (χ1v) is 9.36. The lowest BCUT2D eigenvalue weighted by atomic mass is 9.88. The first-order valence-electron chi connectivity index (χ1n) is 7.39. The van der Waals surface area contributed by atoms with E-state index in [1.54, 1.807) is 0 Å². The second kappa shape index (κ2) is 6.30. The van der Waals surface area contributed by atoms with Crippen LogP contribution < -0.4 is 0 Å². The Bertz CT molecular complexity index is 518. The van der Waals surface area contributed by atoms with Crippen LogP contribution in [0, 0.1) is 0 Å². The monoisotopic (exact) mass is 300 g/mol. The standard InChI is InChI=1S/C19H25OP/c1-18(2,3)21(4)15-19(20,16-11-7-5-8-12-16)17-13-9-6-10-14-17/h5-14,20H,15H2,1-4H3/t21-/m1/s1. The lowest BCUT2D eigenvalue weighted by Crippen LogP contribution is -2.33. The van der Waals surface area contributed by atoms with Crippen LogP contribution in [0.5, 0.6) is 0 Å². The van der Waals surface area contributed by atoms with E-state index in [9.17, 15) is 5.11 Å². The Morgan fingerprint density at radius 3 is 1.52 bits per heavy atom. The van der Waals surface area contributed by atoms with Crippen molar-refractivity contribution in [1.29, 1.82) is 0 Å². The van der Waals surface area contributed by atoms with Crippen molar-refractivity contribution in [3.05, 3.63) is 71.8 Å². The van der Waals surface area contributed by atoms with Gasteiger partial charge in [0.2, 0.25) is 0 Å². The normalized spacial score (nSPS) is 14.0. The van der Waals surface area contributed by atoms with Gasteiger partial charge in [0.1, 0.15) is 5.60 Å². The molecular weight excluding hydrogens is 275 g/mol. The highest BCUT2D eigenvalue weighted by Crippen LogP contribution is 2.51. The number of hydrogen-bond acceptors (Lipinski definition) is 1. The first-order chi connectivity index (χ1) is 9.84. The van der Waals surface area contributed by atoms with Crippen molar-refractivity contribution in [3.8, 4) is 0 Å². The minimum absolute atomic E-state index is 0.229. The molecule has 1 nitrogen and oxygen atoms in total. The maximum Gasteiger partial charge on any atom is 0.118 e. The molecule has 0 unspecified atom stereocenters. The maximum atomic E-state index is 11.5. The van der Waals surface area contributed by atoms with E-state index in [0.717, 1.165) is 17.3 Å². The van der Waals surface area contributed by atoms with Gasteiger partial charge in [-0.25, -0.2) is 0 Å². The van der Waals surface area contributed by atoms with E-state index >= 15 is 0 Å². The van der Waals surface area contributed by atoms with Crippen LogP contribution in [0.1, 0.15) is 31.9 Å². The molecule has 0 saturated carbocycles. The van der Waals surface area contributed by atoms with E-state index in [1.807, 2.05) is 60.7 Å². The van der Waals surface area contributed by atoms with Crippen molar-refractivity contribution in [3.63, 3.8) is 0 Å². The smallest absolute Gasteiger partial charge is 0.118 e. The van der Waals surface area contributed by atoms with Gasteiger partial charge in [-0.3, -0.25) is 0 Å². The van der Waals surface area contributed by atoms with E-state index in [4.69, 9.17) is 0 Å². The maximum absolute atomic E-state index is 11.5. The van der Waals surface area contributed by atoms with E-state index < -0.39 is 5.60 Å². The van der Waals surface area contributed by atoms with Crippen molar-refractivity contribution in [2.75, 3.05) is 12.8 Å². The molecule has 1 atom stereocenters. The van der Waals surface area contributed by atoms with E-state index in [-0.39, 0.29) is 13.1 Å². The van der Waals surface area contributed by atoms with Crippen LogP contribution in [0.2, 0.25) is 0 Å². The highest BCUT2D eigenvalue weighted by molar-refractivity contribution is 7.58. The number of hydrogen-bond donors (Lipinski definition) is 1. The van der Waals surface area contributed by atoms with Gasteiger partial charge in [-0.2, -0.15) is 0 Å². The summed E-state index contributed by atoms with van der Waals surface area (Å²) in [5, 5.41) is 11.7. The van der Waals surface area contributed by atoms with Gasteiger partial charge in [0.25, 0.3) is 0 Å². The average Bonchev–Trinajstić information content (AvgIpc) is 2.48. The Labute approximate surface area is 129 Å². The van der Waals surface area contributed by atoms with Crippen LogP contribution in [0.4, 0.5) is 0 Å². The quantitative estimate of drug-likeness (QED) is 0.802. The third-order valence-corrected chi connectivity index (χ3v) is 7.34. The van der Waals surface area contributed by atoms with Crippen molar-refractivity contribution in [1.82, 2.24) is 0 Å². The van der Waals surface area contributed by atoms with Crippen molar-refractivity contribution < 1.29 is 5.11 Å². The van der Waals surface area contributed by atoms with Crippen molar-refractivity contribution in [2.45, 2.75) is 31.5 Å². The van der Waals surface area contributed by atoms with Gasteiger partial charge in [0.15, 0.2) is 0 Å². The van der Waals surface area contributed by atoms with E-state index in [0.29, 0.717) is 0 Å². The number of benzene rings is 2. The van der Waals surface area contributed by atoms with Crippen molar-refractivity contribution >= 4 is 7.92 Å². The molecule has 21 heavy (non-hydrogen) atoms. The summed E-state index contributed by atoms with van der Waals surface area (Å²) in [6, 6.07) is 20.1. The summed E-state index contributed by atoms with van der Waals surface area (Å²) in [6.07, 6.45) is 0.778. The Morgan fingerprint density at radius 1 is 0.810 bits per heavy atom. The predicted octanol–water partition coefficient (Wildman–Crippen LogP) is 4.83. The highest BCUT2D eigenvalue weighted by Gasteiger charge is 2.36. The van der Waals surface area contributed by atoms with Gasteiger partial charge in [0.05, 0.1) is 0 Å². The summed E-state index contributed by atoms with van der Waals surface area (Å²) in [6.45, 7) is 9.06. The largest absolute Gasteiger partial charge is 0.380 e. The van der Waals surface area contributed by atoms with Crippen LogP contribution in [0.25, 0.3) is 0 Å². The van der Waals surface area contributed by atoms with Gasteiger partial charge in [-0.05, 0) is 22.9 Å². The van der Waals surface area contributed by atoms with E-state index in [2.05, 4.69) is 27.4 Å². The average molecular weight is 300 g/mol. The summed E-state index contributed by atoms with van der Waals surface area (Å²) >= 11 is 0. The lowest BCUT2D eigenvalue weighted by molar-refractivity contribution is 0.106. The van der Waals surface area contributed by atoms with Crippen LogP contribution >= 0.6 is 7.92 Å². The molecule has 0 aliphatic heterocycles. The Balaban J connectivity index is 2.45. The molecule has 0 aliphatic carbocycles. The molecule has 0 saturated heterocycles. The summed E-state index contributed by atoms with van der Waals surface area (Å²) in [4.78, 5) is 0. The molecule has 0 radical (unpaired) electrons. The first kappa shape index (κ1) is 16.2. The molecule has 0 spiro atoms. The van der Waals surface area contributed by atoms with Gasteiger partial charge < -0.3 is 5.11 Å². The fourth-order valence-electron chi connectivity index (χ4n) is 2.36. The Morgan fingerprint density at radius 2 is 1.19 bits per heavy atom. The molecule has 0 aliphatic rings. The molecule has 0 bridgehead atoms. The third-order valence-electron chi connectivity index (χ3n) is 4.11. The van der Waals surface area contributed by atoms with Gasteiger partial charge in [0, 0.05) is 6.16 Å². The summed E-state index contributed by atoms with van der Waals surface area (Å²) in [5.41, 5.74) is 1.06. The van der Waals surface area contributed by atoms with Crippen LogP contribution in [0.15, 0.2) is 60.7 Å². The third kappa shape index (κ3) is 3.73. The molecule has 2 heteroatoms. The van der Waals surface area contributed by atoms with Gasteiger partial charge >= 0.3 is 0 Å². The fourth-order valence-corrected chi connectivity index (χ4v) is 3.88. The van der Waals surface area contributed by atoms with Gasteiger partial charge in [-0.1, -0.05) is 81.4 Å². The lowest BCUT2D eigenvalue weighted by Gasteiger charge is -2.37. The zero-order valence-corrected chi connectivity index (χ0v) is 14.3. The molecule has 0 amide bonds. The number of rotatable bonds is 4. The minimum Gasteiger partial charge on any atom is -0.380 e. The Kier molecular flexibility index (Phi) is 4.86. The highest BCUT2D eigenvalue weighted by atomic mass is 31.1. The SMILES string of the molecule is C[P@](CC(O)(c1ccccc1)c1ccccc1)C(C)(C)C. The Hall–Kier alpha value is -1.17. The zero-order valence-electron chi connectivity index (χ0n) is 13.4. The molecule has 0 aromatic heterocycles. The van der Waals surface area contributed by atoms with Crippen molar-refractivity contribution in [2.24, 2.45) is 0 Å². The fraction of sp³-hybridized carbons (Fsp3) is 0.368. The molecule has 2 aromatic rings. The molecular formula is C19H25OP. The predicted molar refractivity (Wildman–Crippen MR) is 93.3 cm³/mol. The molecule has 2 aromatic carbocycles. The topological polar surface area (TPSA) is 20.2 Å². The second-order valence-corrected chi connectivity index (χ2v) is 9.67. The summed E-state index contributed by atoms with van der Waals surface area (Å²) in [7, 11) is -0.307. The van der Waals surface area contributed by atoms with Crippen LogP contribution in [-0.2, 0) is 5.60 Å². The minimum atomic E-state index is -0.906. The second-order valence-electron chi connectivity index (χ2n) is 6.62. The zero-order chi connectivity index (χ0) is 15.5. The molecule has 0 fully saturated rings. The van der Waals surface area contributed by atoms with Crippen LogP contribution in [0.3, 0.4) is 0 Å². The molecule has 2 rings (SSSR count). The van der Waals surface area contributed by atoms with Gasteiger partial charge in [-0.15, -0.1) is 7.92 Å². The summed E-state index contributed by atoms with van der Waals surface area (Å²) in [5.74, 6) is 0. The molecule has 112 valence electrons. The molecule has 0 heterocycles. The van der Waals surface area contributed by atoms with Crippen LogP contribution in [-0.4, -0.2) is 23.1 Å². The molecule has 1 N–H and O–H groups in total. The summed E-state index contributed by atoms with van der Waals surface area (Å²) < 4.78 is 0.